The summed E-state index contributed by atoms with van der Waals surface area (Å²) < 4.78 is 0. The van der Waals surface area contributed by atoms with Crippen LogP contribution in [-0.4, -0.2) is 34.1 Å². The molecule has 0 radical (unpaired) electrons. The molecule has 3 N–H and O–H groups in total. The zero-order chi connectivity index (χ0) is 14.5. The summed E-state index contributed by atoms with van der Waals surface area (Å²) >= 11 is 0. The summed E-state index contributed by atoms with van der Waals surface area (Å²) in [6, 6.07) is 0. The van der Waals surface area contributed by atoms with Gasteiger partial charge >= 0.3 is 0 Å². The van der Waals surface area contributed by atoms with Gasteiger partial charge in [-0.15, -0.1) is 0 Å². The van der Waals surface area contributed by atoms with Gasteiger partial charge in [0.05, 0.1) is 12.2 Å². The molecular formula is C17H30O3. The Morgan fingerprint density at radius 2 is 1.60 bits per heavy atom. The fourth-order valence-corrected chi connectivity index (χ4v) is 6.00. The standard InChI is InChI=1S/C17H30O3/c1-16-8-7-13-11(12(16)4-6-15(16)20)3-5-14(19)17(13,2)9-10-18/h11-15,18-20H,3-10H2,1-2H3/t11-,12+,13-,14+,15+,16-,17+/m0/s1. The fraction of sp³-hybridized carbons (Fsp3) is 1.00. The van der Waals surface area contributed by atoms with Crippen LogP contribution in [0.5, 0.6) is 0 Å². The van der Waals surface area contributed by atoms with Gasteiger partial charge in [-0.05, 0) is 73.5 Å². The van der Waals surface area contributed by atoms with E-state index in [1.54, 1.807) is 0 Å². The molecule has 3 saturated carbocycles. The van der Waals surface area contributed by atoms with Gasteiger partial charge in [0, 0.05) is 6.61 Å². The molecule has 20 heavy (non-hydrogen) atoms. The first kappa shape index (κ1) is 14.8. The molecule has 7 atom stereocenters. The summed E-state index contributed by atoms with van der Waals surface area (Å²) in [5, 5.41) is 30.3. The summed E-state index contributed by atoms with van der Waals surface area (Å²) in [4.78, 5) is 0. The zero-order valence-corrected chi connectivity index (χ0v) is 12.9. The van der Waals surface area contributed by atoms with E-state index in [2.05, 4.69) is 13.8 Å². The van der Waals surface area contributed by atoms with Gasteiger partial charge in [-0.2, -0.15) is 0 Å². The molecule has 3 rings (SSSR count). The minimum absolute atomic E-state index is 0.101. The minimum atomic E-state index is -0.272. The maximum Gasteiger partial charge on any atom is 0.0597 e. The third-order valence-electron chi connectivity index (χ3n) is 7.42. The van der Waals surface area contributed by atoms with Gasteiger partial charge in [0.25, 0.3) is 0 Å². The molecule has 0 heterocycles. The predicted molar refractivity (Wildman–Crippen MR) is 78.1 cm³/mol. The molecule has 0 unspecified atom stereocenters. The molecule has 3 heteroatoms. The summed E-state index contributed by atoms with van der Waals surface area (Å²) in [7, 11) is 0. The second kappa shape index (κ2) is 4.96. The molecule has 3 aliphatic carbocycles. The van der Waals surface area contributed by atoms with Crippen molar-refractivity contribution < 1.29 is 15.3 Å². The van der Waals surface area contributed by atoms with Crippen LogP contribution in [0.15, 0.2) is 0 Å². The molecule has 0 bridgehead atoms. The lowest BCUT2D eigenvalue weighted by Crippen LogP contribution is -2.54. The second-order valence-electron chi connectivity index (χ2n) is 8.09. The lowest BCUT2D eigenvalue weighted by atomic mass is 9.49. The number of aliphatic hydroxyl groups is 3. The highest BCUT2D eigenvalue weighted by Crippen LogP contribution is 2.63. The van der Waals surface area contributed by atoms with Crippen molar-refractivity contribution in [3.8, 4) is 0 Å². The summed E-state index contributed by atoms with van der Waals surface area (Å²) in [6.07, 6.45) is 6.53. The highest BCUT2D eigenvalue weighted by atomic mass is 16.3. The predicted octanol–water partition coefficient (Wildman–Crippen LogP) is 2.33. The van der Waals surface area contributed by atoms with Crippen molar-refractivity contribution in [1.82, 2.24) is 0 Å². The van der Waals surface area contributed by atoms with Crippen LogP contribution < -0.4 is 0 Å². The lowest BCUT2D eigenvalue weighted by Gasteiger charge is -2.57. The van der Waals surface area contributed by atoms with Crippen LogP contribution in [0.4, 0.5) is 0 Å². The number of fused-ring (bicyclic) bond motifs is 3. The number of rotatable bonds is 2. The van der Waals surface area contributed by atoms with Crippen LogP contribution in [-0.2, 0) is 0 Å². The van der Waals surface area contributed by atoms with Crippen molar-refractivity contribution in [2.24, 2.45) is 28.6 Å². The molecule has 0 saturated heterocycles. The van der Waals surface area contributed by atoms with Gasteiger partial charge < -0.3 is 15.3 Å². The smallest absolute Gasteiger partial charge is 0.0597 e. The van der Waals surface area contributed by atoms with Gasteiger partial charge in [0.15, 0.2) is 0 Å². The molecule has 3 nitrogen and oxygen atoms in total. The van der Waals surface area contributed by atoms with E-state index in [4.69, 9.17) is 0 Å². The monoisotopic (exact) mass is 282 g/mol. The Morgan fingerprint density at radius 1 is 0.900 bits per heavy atom. The van der Waals surface area contributed by atoms with Crippen molar-refractivity contribution in [1.29, 1.82) is 0 Å². The van der Waals surface area contributed by atoms with Crippen LogP contribution in [0.1, 0.15) is 58.8 Å². The molecule has 0 aromatic heterocycles. The van der Waals surface area contributed by atoms with E-state index in [1.165, 1.54) is 0 Å². The van der Waals surface area contributed by atoms with Gasteiger partial charge in [-0.3, -0.25) is 0 Å². The Hall–Kier alpha value is -0.120. The molecule has 3 fully saturated rings. The lowest BCUT2D eigenvalue weighted by molar-refractivity contribution is -0.140. The van der Waals surface area contributed by atoms with Crippen molar-refractivity contribution in [2.75, 3.05) is 6.61 Å². The Kier molecular flexibility index (Phi) is 3.67. The third kappa shape index (κ3) is 1.89. The molecule has 0 spiro atoms. The summed E-state index contributed by atoms with van der Waals surface area (Å²) in [6.45, 7) is 4.63. The first-order valence-electron chi connectivity index (χ1n) is 8.40. The van der Waals surface area contributed by atoms with E-state index in [0.717, 1.165) is 38.5 Å². The summed E-state index contributed by atoms with van der Waals surface area (Å²) in [5.74, 6) is 1.76. The maximum atomic E-state index is 10.5. The highest BCUT2D eigenvalue weighted by Gasteiger charge is 2.59. The fourth-order valence-electron chi connectivity index (χ4n) is 6.00. The Morgan fingerprint density at radius 3 is 2.30 bits per heavy atom. The van der Waals surface area contributed by atoms with E-state index in [0.29, 0.717) is 24.2 Å². The molecular weight excluding hydrogens is 252 g/mol. The third-order valence-corrected chi connectivity index (χ3v) is 7.42. The van der Waals surface area contributed by atoms with Crippen LogP contribution in [0.3, 0.4) is 0 Å². The van der Waals surface area contributed by atoms with E-state index in [-0.39, 0.29) is 29.6 Å². The van der Waals surface area contributed by atoms with E-state index in [1.807, 2.05) is 0 Å². The first-order chi connectivity index (χ1) is 9.43. The topological polar surface area (TPSA) is 60.7 Å². The van der Waals surface area contributed by atoms with Gasteiger partial charge in [-0.1, -0.05) is 13.8 Å². The molecule has 0 aliphatic heterocycles. The summed E-state index contributed by atoms with van der Waals surface area (Å²) in [5.41, 5.74) is -0.0316. The normalized spacial score (nSPS) is 55.4. The molecule has 0 aromatic rings. The van der Waals surface area contributed by atoms with Crippen molar-refractivity contribution in [2.45, 2.75) is 71.0 Å². The van der Waals surface area contributed by atoms with Crippen LogP contribution in [0.25, 0.3) is 0 Å². The second-order valence-corrected chi connectivity index (χ2v) is 8.09. The Balaban J connectivity index is 1.89. The van der Waals surface area contributed by atoms with E-state index in [9.17, 15) is 15.3 Å². The van der Waals surface area contributed by atoms with Crippen LogP contribution >= 0.6 is 0 Å². The quantitative estimate of drug-likeness (QED) is 0.728. The van der Waals surface area contributed by atoms with Gasteiger partial charge in [0.2, 0.25) is 0 Å². The van der Waals surface area contributed by atoms with Crippen molar-refractivity contribution in [3.05, 3.63) is 0 Å². The number of hydrogen-bond acceptors (Lipinski definition) is 3. The van der Waals surface area contributed by atoms with Gasteiger partial charge in [-0.25, -0.2) is 0 Å². The van der Waals surface area contributed by atoms with Gasteiger partial charge in [0.1, 0.15) is 0 Å². The van der Waals surface area contributed by atoms with Crippen LogP contribution in [0, 0.1) is 28.6 Å². The average Bonchev–Trinajstić information content (AvgIpc) is 2.71. The molecule has 0 aromatic carbocycles. The average molecular weight is 282 g/mol. The number of aliphatic hydroxyl groups excluding tert-OH is 3. The highest BCUT2D eigenvalue weighted by molar-refractivity contribution is 5.08. The van der Waals surface area contributed by atoms with E-state index >= 15 is 0 Å². The molecule has 0 amide bonds. The molecule has 116 valence electrons. The largest absolute Gasteiger partial charge is 0.396 e. The SMILES string of the molecule is C[C@]1(CCO)[C@H](O)CC[C@H]2[C@H]3CC[C@@H](O)[C@@]3(C)CC[C@@H]21. The van der Waals surface area contributed by atoms with Crippen LogP contribution in [0.2, 0.25) is 0 Å². The maximum absolute atomic E-state index is 10.5. The molecule has 3 aliphatic rings. The van der Waals surface area contributed by atoms with Crippen molar-refractivity contribution >= 4 is 0 Å². The van der Waals surface area contributed by atoms with E-state index < -0.39 is 0 Å². The van der Waals surface area contributed by atoms with Crippen molar-refractivity contribution in [3.63, 3.8) is 0 Å². The zero-order valence-electron chi connectivity index (χ0n) is 12.9. The first-order valence-corrected chi connectivity index (χ1v) is 8.40. The minimum Gasteiger partial charge on any atom is -0.396 e. The number of hydrogen-bond donors (Lipinski definition) is 3. The Bertz CT molecular complexity index is 371. The Labute approximate surface area is 122 Å².